The summed E-state index contributed by atoms with van der Waals surface area (Å²) in [6.07, 6.45) is 2.22. The van der Waals surface area contributed by atoms with Gasteiger partial charge in [0, 0.05) is 25.8 Å². The maximum absolute atomic E-state index is 12.7. The van der Waals surface area contributed by atoms with Crippen LogP contribution < -0.4 is 0 Å². The van der Waals surface area contributed by atoms with Crippen molar-refractivity contribution in [2.45, 2.75) is 31.8 Å². The molecule has 1 aromatic rings. The Balaban J connectivity index is 2.40. The van der Waals surface area contributed by atoms with Gasteiger partial charge in [0.25, 0.3) is 10.0 Å². The molecule has 0 aliphatic carbocycles. The molecule has 0 saturated carbocycles. The quantitative estimate of drug-likeness (QED) is 0.705. The minimum atomic E-state index is -3.83. The largest absolute Gasteiger partial charge is 0.462 e. The van der Waals surface area contributed by atoms with Gasteiger partial charge in [0.2, 0.25) is 5.03 Å². The summed E-state index contributed by atoms with van der Waals surface area (Å²) in [5.41, 5.74) is -0.0122. The van der Waals surface area contributed by atoms with E-state index in [1.54, 1.807) is 6.92 Å². The first-order valence-electron chi connectivity index (χ1n) is 7.33. The van der Waals surface area contributed by atoms with Crippen LogP contribution in [0.15, 0.2) is 11.2 Å². The van der Waals surface area contributed by atoms with Gasteiger partial charge in [-0.1, -0.05) is 6.92 Å². The Hall–Kier alpha value is -1.45. The van der Waals surface area contributed by atoms with Crippen molar-refractivity contribution < 1.29 is 22.7 Å². The number of hydrogen-bond acceptors (Lipinski definition) is 6. The normalized spacial score (nSPS) is 16.6. The average molecular weight is 331 g/mol. The van der Waals surface area contributed by atoms with Crippen molar-refractivity contribution >= 4 is 16.0 Å². The molecule has 0 radical (unpaired) electrons. The van der Waals surface area contributed by atoms with Crippen LogP contribution in [0.25, 0.3) is 0 Å². The summed E-state index contributed by atoms with van der Waals surface area (Å²) in [5.74, 6) is -0.670. The third kappa shape index (κ3) is 3.47. The number of sulfonamides is 1. The lowest BCUT2D eigenvalue weighted by atomic mass is 10.4. The van der Waals surface area contributed by atoms with E-state index in [1.165, 1.54) is 15.2 Å². The molecule has 0 bridgehead atoms. The zero-order valence-electron chi connectivity index (χ0n) is 12.8. The Bertz CT molecular complexity index is 620. The van der Waals surface area contributed by atoms with Crippen LogP contribution in [-0.4, -0.2) is 61.4 Å². The van der Waals surface area contributed by atoms with Crippen LogP contribution in [0, 0.1) is 0 Å². The number of carbonyl (C=O) groups excluding carboxylic acids is 1. The van der Waals surface area contributed by atoms with E-state index in [0.717, 1.165) is 6.42 Å². The molecule has 1 aromatic heterocycles. The Kier molecular flexibility index (Phi) is 5.54. The second-order valence-corrected chi connectivity index (χ2v) is 6.70. The van der Waals surface area contributed by atoms with E-state index >= 15 is 0 Å². The van der Waals surface area contributed by atoms with Crippen molar-refractivity contribution in [1.82, 2.24) is 14.1 Å². The lowest BCUT2D eigenvalue weighted by molar-refractivity contribution is 0.0520. The molecule has 0 unspecified atom stereocenters. The first-order chi connectivity index (χ1) is 10.5. The third-order valence-electron chi connectivity index (χ3n) is 3.23. The molecule has 1 fully saturated rings. The van der Waals surface area contributed by atoms with Crippen LogP contribution in [0.5, 0.6) is 0 Å². The number of aryl methyl sites for hydroxylation is 1. The average Bonchev–Trinajstić information content (AvgIpc) is 2.94. The molecule has 0 amide bonds. The lowest BCUT2D eigenvalue weighted by Gasteiger charge is -2.25. The summed E-state index contributed by atoms with van der Waals surface area (Å²) in [6, 6.07) is 0. The fourth-order valence-corrected chi connectivity index (χ4v) is 3.69. The number of carbonyl (C=O) groups is 1. The SMILES string of the molecule is CCCn1cc(C(=O)OCC)c(S(=O)(=O)N2CCOCC2)n1. The summed E-state index contributed by atoms with van der Waals surface area (Å²) >= 11 is 0. The second kappa shape index (κ2) is 7.21. The van der Waals surface area contributed by atoms with Crippen LogP contribution in [0.4, 0.5) is 0 Å². The monoisotopic (exact) mass is 331 g/mol. The number of aromatic nitrogens is 2. The summed E-state index contributed by atoms with van der Waals surface area (Å²) in [4.78, 5) is 12.0. The van der Waals surface area contributed by atoms with Crippen LogP contribution in [0.2, 0.25) is 0 Å². The van der Waals surface area contributed by atoms with Gasteiger partial charge in [0.1, 0.15) is 5.56 Å². The number of morpholine rings is 1. The molecule has 124 valence electrons. The van der Waals surface area contributed by atoms with Gasteiger partial charge in [-0.2, -0.15) is 9.40 Å². The molecule has 1 saturated heterocycles. The Morgan fingerprint density at radius 3 is 2.64 bits per heavy atom. The molecule has 1 aliphatic rings. The van der Waals surface area contributed by atoms with Gasteiger partial charge < -0.3 is 9.47 Å². The fraction of sp³-hybridized carbons (Fsp3) is 0.692. The van der Waals surface area contributed by atoms with E-state index in [0.29, 0.717) is 19.8 Å². The van der Waals surface area contributed by atoms with Gasteiger partial charge in [-0.25, -0.2) is 13.2 Å². The van der Waals surface area contributed by atoms with Crippen LogP contribution in [0.3, 0.4) is 0 Å². The van der Waals surface area contributed by atoms with E-state index in [1.807, 2.05) is 6.92 Å². The highest BCUT2D eigenvalue weighted by Gasteiger charge is 2.34. The van der Waals surface area contributed by atoms with Gasteiger partial charge in [-0.3, -0.25) is 4.68 Å². The van der Waals surface area contributed by atoms with Crippen LogP contribution in [0.1, 0.15) is 30.6 Å². The van der Waals surface area contributed by atoms with Crippen molar-refractivity contribution in [1.29, 1.82) is 0 Å². The minimum Gasteiger partial charge on any atom is -0.462 e. The van der Waals surface area contributed by atoms with Gasteiger partial charge in [0.15, 0.2) is 0 Å². The molecule has 0 atom stereocenters. The molecule has 8 nitrogen and oxygen atoms in total. The topological polar surface area (TPSA) is 90.7 Å². The van der Waals surface area contributed by atoms with Crippen molar-refractivity contribution in [3.63, 3.8) is 0 Å². The molecular weight excluding hydrogens is 310 g/mol. The highest BCUT2D eigenvalue weighted by molar-refractivity contribution is 7.89. The molecule has 9 heteroatoms. The Morgan fingerprint density at radius 1 is 1.36 bits per heavy atom. The maximum Gasteiger partial charge on any atom is 0.342 e. The van der Waals surface area contributed by atoms with Gasteiger partial charge in [-0.05, 0) is 13.3 Å². The molecule has 22 heavy (non-hydrogen) atoms. The summed E-state index contributed by atoms with van der Waals surface area (Å²) < 4.78 is 38.3. The predicted molar refractivity (Wildman–Crippen MR) is 78.1 cm³/mol. The number of ether oxygens (including phenoxy) is 2. The Labute approximate surface area is 130 Å². The van der Waals surface area contributed by atoms with Gasteiger partial charge in [-0.15, -0.1) is 0 Å². The summed E-state index contributed by atoms with van der Waals surface area (Å²) in [6.45, 7) is 5.51. The zero-order valence-corrected chi connectivity index (χ0v) is 13.6. The number of hydrogen-bond donors (Lipinski definition) is 0. The third-order valence-corrected chi connectivity index (χ3v) is 5.07. The number of nitrogens with zero attached hydrogens (tertiary/aromatic N) is 3. The molecular formula is C13H21N3O5S. The molecule has 0 N–H and O–H groups in total. The van der Waals surface area contributed by atoms with E-state index in [4.69, 9.17) is 9.47 Å². The summed E-state index contributed by atoms with van der Waals surface area (Å²) in [5, 5.41) is 3.86. The second-order valence-electron chi connectivity index (χ2n) is 4.85. The van der Waals surface area contributed by atoms with Gasteiger partial charge in [0.05, 0.1) is 19.8 Å². The minimum absolute atomic E-state index is 0.0122. The van der Waals surface area contributed by atoms with Crippen molar-refractivity contribution in [2.24, 2.45) is 0 Å². The van der Waals surface area contributed by atoms with Crippen molar-refractivity contribution in [3.05, 3.63) is 11.8 Å². The van der Waals surface area contributed by atoms with E-state index in [2.05, 4.69) is 5.10 Å². The zero-order chi connectivity index (χ0) is 16.2. The first-order valence-corrected chi connectivity index (χ1v) is 8.77. The van der Waals surface area contributed by atoms with Crippen LogP contribution in [-0.2, 0) is 26.0 Å². The Morgan fingerprint density at radius 2 is 2.05 bits per heavy atom. The number of rotatable bonds is 6. The van der Waals surface area contributed by atoms with Crippen molar-refractivity contribution in [2.75, 3.05) is 32.9 Å². The highest BCUT2D eigenvalue weighted by atomic mass is 32.2. The van der Waals surface area contributed by atoms with Crippen molar-refractivity contribution in [3.8, 4) is 0 Å². The van der Waals surface area contributed by atoms with E-state index < -0.39 is 16.0 Å². The smallest absolute Gasteiger partial charge is 0.342 e. The van der Waals surface area contributed by atoms with Crippen LogP contribution >= 0.6 is 0 Å². The molecule has 2 heterocycles. The molecule has 0 spiro atoms. The lowest BCUT2D eigenvalue weighted by Crippen LogP contribution is -2.41. The standard InChI is InChI=1S/C13H21N3O5S/c1-3-5-15-10-11(13(17)21-4-2)12(14-15)22(18,19)16-6-8-20-9-7-16/h10H,3-9H2,1-2H3. The number of esters is 1. The van der Waals surface area contributed by atoms with E-state index in [-0.39, 0.29) is 30.3 Å². The predicted octanol–water partition coefficient (Wildman–Crippen LogP) is 0.491. The molecule has 0 aromatic carbocycles. The highest BCUT2D eigenvalue weighted by Crippen LogP contribution is 2.21. The molecule has 1 aliphatic heterocycles. The maximum atomic E-state index is 12.7. The molecule has 2 rings (SSSR count). The van der Waals surface area contributed by atoms with E-state index in [9.17, 15) is 13.2 Å². The van der Waals surface area contributed by atoms with Gasteiger partial charge >= 0.3 is 5.97 Å². The summed E-state index contributed by atoms with van der Waals surface area (Å²) in [7, 11) is -3.83. The fourth-order valence-electron chi connectivity index (χ4n) is 2.20. The first kappa shape index (κ1) is 16.9.